The summed E-state index contributed by atoms with van der Waals surface area (Å²) in [6.07, 6.45) is 5.76. The van der Waals surface area contributed by atoms with Crippen molar-refractivity contribution >= 4 is 22.6 Å². The number of pyridine rings is 1. The van der Waals surface area contributed by atoms with E-state index in [2.05, 4.69) is 46.6 Å². The second-order valence-corrected chi connectivity index (χ2v) is 5.54. The average Bonchev–Trinajstić information content (AvgIpc) is 2.69. The summed E-state index contributed by atoms with van der Waals surface area (Å²) in [4.78, 5) is 6.50. The molecule has 88 valence electrons. The summed E-state index contributed by atoms with van der Waals surface area (Å²) in [6.45, 7) is 0. The molecule has 0 unspecified atom stereocenters. The summed E-state index contributed by atoms with van der Waals surface area (Å²) >= 11 is 2.20. The molecule has 1 saturated carbocycles. The normalized spacial score (nSPS) is 25.0. The molecule has 1 fully saturated rings. The highest BCUT2D eigenvalue weighted by Crippen LogP contribution is 2.27. The van der Waals surface area contributed by atoms with E-state index in [0.29, 0.717) is 12.1 Å². The summed E-state index contributed by atoms with van der Waals surface area (Å²) in [6, 6.07) is 4.52. The quantitative estimate of drug-likeness (QED) is 0.628. The maximum absolute atomic E-state index is 6.00. The SMILES string of the molecule is CN(C)[C@@H]1CCC[C@H]1Oc1ccc(I)nc1. The second-order valence-electron chi connectivity index (χ2n) is 4.43. The standard InChI is InChI=1S/C12H17IN2O/c1-15(2)10-4-3-5-11(10)16-9-6-7-12(13)14-8-9/h6-8,10-11H,3-5H2,1-2H3/t10-,11-/m1/s1. The molecule has 3 nitrogen and oxygen atoms in total. The van der Waals surface area contributed by atoms with Crippen LogP contribution in [0.15, 0.2) is 18.3 Å². The van der Waals surface area contributed by atoms with E-state index in [4.69, 9.17) is 4.74 Å². The van der Waals surface area contributed by atoms with Gasteiger partial charge in [-0.1, -0.05) is 0 Å². The van der Waals surface area contributed by atoms with E-state index in [0.717, 1.165) is 15.9 Å². The third-order valence-electron chi connectivity index (χ3n) is 3.07. The fourth-order valence-corrected chi connectivity index (χ4v) is 2.56. The topological polar surface area (TPSA) is 25.4 Å². The summed E-state index contributed by atoms with van der Waals surface area (Å²) < 4.78 is 7.00. The van der Waals surface area contributed by atoms with Gasteiger partial charge >= 0.3 is 0 Å². The molecule has 0 saturated heterocycles. The predicted octanol–water partition coefficient (Wildman–Crippen LogP) is 2.55. The van der Waals surface area contributed by atoms with Gasteiger partial charge in [0.2, 0.25) is 0 Å². The zero-order valence-electron chi connectivity index (χ0n) is 9.69. The Morgan fingerprint density at radius 1 is 1.38 bits per heavy atom. The third kappa shape index (κ3) is 2.85. The number of rotatable bonds is 3. The van der Waals surface area contributed by atoms with Crippen LogP contribution in [0.5, 0.6) is 5.75 Å². The average molecular weight is 332 g/mol. The first-order valence-corrected chi connectivity index (χ1v) is 6.69. The maximum atomic E-state index is 6.00. The lowest BCUT2D eigenvalue weighted by Gasteiger charge is -2.26. The van der Waals surface area contributed by atoms with E-state index < -0.39 is 0 Å². The molecule has 1 aromatic rings. The lowest BCUT2D eigenvalue weighted by molar-refractivity contribution is 0.121. The Hall–Kier alpha value is -0.360. The molecule has 1 aliphatic rings. The van der Waals surface area contributed by atoms with Crippen molar-refractivity contribution in [3.63, 3.8) is 0 Å². The molecule has 1 aliphatic carbocycles. The van der Waals surface area contributed by atoms with E-state index in [1.54, 1.807) is 0 Å². The van der Waals surface area contributed by atoms with Crippen LogP contribution in [0.1, 0.15) is 19.3 Å². The van der Waals surface area contributed by atoms with Crippen molar-refractivity contribution in [2.75, 3.05) is 14.1 Å². The largest absolute Gasteiger partial charge is 0.487 e. The second kappa shape index (κ2) is 5.31. The molecule has 4 heteroatoms. The van der Waals surface area contributed by atoms with Crippen LogP contribution < -0.4 is 4.74 Å². The van der Waals surface area contributed by atoms with Crippen LogP contribution in [0.2, 0.25) is 0 Å². The Kier molecular flexibility index (Phi) is 4.02. The smallest absolute Gasteiger partial charge is 0.138 e. The molecule has 0 aliphatic heterocycles. The monoisotopic (exact) mass is 332 g/mol. The van der Waals surface area contributed by atoms with Crippen molar-refractivity contribution in [1.29, 1.82) is 0 Å². The van der Waals surface area contributed by atoms with Crippen LogP contribution in [-0.2, 0) is 0 Å². The minimum absolute atomic E-state index is 0.317. The van der Waals surface area contributed by atoms with Gasteiger partial charge in [0.15, 0.2) is 0 Å². The molecule has 0 spiro atoms. The van der Waals surface area contributed by atoms with Gasteiger partial charge in [-0.2, -0.15) is 0 Å². The predicted molar refractivity (Wildman–Crippen MR) is 72.7 cm³/mol. The van der Waals surface area contributed by atoms with Gasteiger partial charge in [-0.15, -0.1) is 0 Å². The zero-order valence-corrected chi connectivity index (χ0v) is 11.8. The molecule has 0 radical (unpaired) electrons. The first-order valence-electron chi connectivity index (χ1n) is 5.61. The number of ether oxygens (including phenoxy) is 1. The van der Waals surface area contributed by atoms with E-state index in [9.17, 15) is 0 Å². The van der Waals surface area contributed by atoms with Gasteiger partial charge in [-0.25, -0.2) is 4.98 Å². The number of nitrogens with zero attached hydrogens (tertiary/aromatic N) is 2. The Morgan fingerprint density at radius 3 is 2.81 bits per heavy atom. The third-order valence-corrected chi connectivity index (χ3v) is 3.71. The van der Waals surface area contributed by atoms with Crippen LogP contribution in [0.3, 0.4) is 0 Å². The van der Waals surface area contributed by atoms with Gasteiger partial charge in [0.1, 0.15) is 15.6 Å². The highest BCUT2D eigenvalue weighted by Gasteiger charge is 2.30. The number of hydrogen-bond donors (Lipinski definition) is 0. The van der Waals surface area contributed by atoms with E-state index in [1.165, 1.54) is 12.8 Å². The lowest BCUT2D eigenvalue weighted by atomic mass is 10.2. The van der Waals surface area contributed by atoms with Gasteiger partial charge in [0.05, 0.1) is 6.20 Å². The Labute approximate surface area is 110 Å². The summed E-state index contributed by atoms with van der Waals surface area (Å²) in [5.74, 6) is 0.888. The lowest BCUT2D eigenvalue weighted by Crippen LogP contribution is -2.38. The van der Waals surface area contributed by atoms with Crippen molar-refractivity contribution in [2.45, 2.75) is 31.4 Å². The molecule has 1 heterocycles. The van der Waals surface area contributed by atoms with Gasteiger partial charge in [-0.3, -0.25) is 0 Å². The van der Waals surface area contributed by atoms with Gasteiger partial charge in [0, 0.05) is 6.04 Å². The van der Waals surface area contributed by atoms with Crippen LogP contribution in [0, 0.1) is 3.70 Å². The molecule has 1 aromatic heterocycles. The van der Waals surface area contributed by atoms with Crippen molar-refractivity contribution in [3.8, 4) is 5.75 Å². The van der Waals surface area contributed by atoms with Crippen molar-refractivity contribution in [1.82, 2.24) is 9.88 Å². The minimum atomic E-state index is 0.317. The first-order chi connectivity index (χ1) is 7.66. The number of hydrogen-bond acceptors (Lipinski definition) is 3. The highest BCUT2D eigenvalue weighted by atomic mass is 127. The van der Waals surface area contributed by atoms with Crippen LogP contribution in [-0.4, -0.2) is 36.1 Å². The Bertz CT molecular complexity index is 339. The van der Waals surface area contributed by atoms with E-state index >= 15 is 0 Å². The molecule has 0 aromatic carbocycles. The van der Waals surface area contributed by atoms with Crippen molar-refractivity contribution in [3.05, 3.63) is 22.0 Å². The summed E-state index contributed by atoms with van der Waals surface area (Å²) in [7, 11) is 4.25. The number of halogens is 1. The fraction of sp³-hybridized carbons (Fsp3) is 0.583. The van der Waals surface area contributed by atoms with Gasteiger partial charge < -0.3 is 9.64 Å². The van der Waals surface area contributed by atoms with Gasteiger partial charge in [-0.05, 0) is 68.1 Å². The molecule has 16 heavy (non-hydrogen) atoms. The molecule has 2 rings (SSSR count). The van der Waals surface area contributed by atoms with Gasteiger partial charge in [0.25, 0.3) is 0 Å². The fourth-order valence-electron chi connectivity index (χ4n) is 2.24. The highest BCUT2D eigenvalue weighted by molar-refractivity contribution is 14.1. The first kappa shape index (κ1) is 12.1. The molecule has 0 bridgehead atoms. The number of aromatic nitrogens is 1. The molecule has 0 N–H and O–H groups in total. The molecule has 0 amide bonds. The van der Waals surface area contributed by atoms with E-state index in [-0.39, 0.29) is 0 Å². The molecular weight excluding hydrogens is 315 g/mol. The van der Waals surface area contributed by atoms with Crippen molar-refractivity contribution < 1.29 is 4.74 Å². The number of likely N-dealkylation sites (N-methyl/N-ethyl adjacent to an activating group) is 1. The van der Waals surface area contributed by atoms with Crippen LogP contribution in [0.25, 0.3) is 0 Å². The Balaban J connectivity index is 2.01. The molecule has 2 atom stereocenters. The Morgan fingerprint density at radius 2 is 2.19 bits per heavy atom. The van der Waals surface area contributed by atoms with Crippen molar-refractivity contribution in [2.24, 2.45) is 0 Å². The van der Waals surface area contributed by atoms with Crippen LogP contribution >= 0.6 is 22.6 Å². The maximum Gasteiger partial charge on any atom is 0.138 e. The summed E-state index contributed by atoms with van der Waals surface area (Å²) in [5.41, 5.74) is 0. The van der Waals surface area contributed by atoms with Crippen LogP contribution in [0.4, 0.5) is 0 Å². The minimum Gasteiger partial charge on any atom is -0.487 e. The van der Waals surface area contributed by atoms with E-state index in [1.807, 2.05) is 18.3 Å². The molecular formula is C12H17IN2O. The summed E-state index contributed by atoms with van der Waals surface area (Å²) in [5, 5.41) is 0. The zero-order chi connectivity index (χ0) is 11.5.